The standard InChI is InChI=1S/C21H23ClN4O2S/c1-12-18(20(27)24-16-11-14(22)7-10-17(16)28-4)19(25-21(29)23-12)13-5-8-15(9-6-13)26(2)3/h5-11,19H,1-4H3,(H,24,27)(H2,23,25,29)/t19-/m1/s1. The number of carbonyl (C=O) groups excluding carboxylic acids is 1. The van der Waals surface area contributed by atoms with E-state index in [0.717, 1.165) is 11.3 Å². The Balaban J connectivity index is 1.95. The lowest BCUT2D eigenvalue weighted by Crippen LogP contribution is -2.45. The number of benzene rings is 2. The van der Waals surface area contributed by atoms with Crippen molar-refractivity contribution < 1.29 is 9.53 Å². The molecule has 0 saturated carbocycles. The zero-order valence-electron chi connectivity index (χ0n) is 16.7. The third-order valence-electron chi connectivity index (χ3n) is 4.67. The Morgan fingerprint density at radius 3 is 2.52 bits per heavy atom. The lowest BCUT2D eigenvalue weighted by atomic mass is 9.94. The summed E-state index contributed by atoms with van der Waals surface area (Å²) in [5, 5.41) is 10.1. The van der Waals surface area contributed by atoms with Crippen LogP contribution in [0.25, 0.3) is 0 Å². The summed E-state index contributed by atoms with van der Waals surface area (Å²) in [6, 6.07) is 12.7. The van der Waals surface area contributed by atoms with E-state index in [0.29, 0.717) is 32.8 Å². The maximum absolute atomic E-state index is 13.2. The second-order valence-corrected chi connectivity index (χ2v) is 7.70. The number of nitrogens with zero attached hydrogens (tertiary/aromatic N) is 1. The number of halogens is 1. The molecule has 1 aliphatic heterocycles. The average molecular weight is 431 g/mol. The Bertz CT molecular complexity index is 973. The van der Waals surface area contributed by atoms with E-state index >= 15 is 0 Å². The maximum atomic E-state index is 13.2. The summed E-state index contributed by atoms with van der Waals surface area (Å²) in [5.74, 6) is 0.257. The summed E-state index contributed by atoms with van der Waals surface area (Å²) < 4.78 is 5.33. The fourth-order valence-electron chi connectivity index (χ4n) is 3.18. The number of hydrogen-bond acceptors (Lipinski definition) is 4. The van der Waals surface area contributed by atoms with Crippen molar-refractivity contribution in [3.05, 3.63) is 64.3 Å². The van der Waals surface area contributed by atoms with Crippen LogP contribution in [0.15, 0.2) is 53.7 Å². The first-order valence-electron chi connectivity index (χ1n) is 9.00. The van der Waals surface area contributed by atoms with Crippen LogP contribution in [-0.4, -0.2) is 32.2 Å². The predicted molar refractivity (Wildman–Crippen MR) is 122 cm³/mol. The van der Waals surface area contributed by atoms with Gasteiger partial charge in [0.2, 0.25) is 0 Å². The fraction of sp³-hybridized carbons (Fsp3) is 0.238. The first kappa shape index (κ1) is 21.0. The highest BCUT2D eigenvalue weighted by Crippen LogP contribution is 2.32. The summed E-state index contributed by atoms with van der Waals surface area (Å²) in [6.45, 7) is 1.83. The molecule has 0 spiro atoms. The van der Waals surface area contributed by atoms with Crippen LogP contribution in [0.1, 0.15) is 18.5 Å². The highest BCUT2D eigenvalue weighted by Gasteiger charge is 2.30. The monoisotopic (exact) mass is 430 g/mol. The van der Waals surface area contributed by atoms with Crippen molar-refractivity contribution in [2.24, 2.45) is 0 Å². The number of ether oxygens (including phenoxy) is 1. The van der Waals surface area contributed by atoms with E-state index in [1.54, 1.807) is 25.3 Å². The smallest absolute Gasteiger partial charge is 0.255 e. The molecule has 0 bridgehead atoms. The molecule has 0 unspecified atom stereocenters. The van der Waals surface area contributed by atoms with Crippen molar-refractivity contribution in [2.75, 3.05) is 31.4 Å². The number of methoxy groups -OCH3 is 1. The normalized spacial score (nSPS) is 16.0. The van der Waals surface area contributed by atoms with Gasteiger partial charge < -0.3 is 25.6 Å². The molecule has 0 radical (unpaired) electrons. The number of allylic oxidation sites excluding steroid dienone is 1. The van der Waals surface area contributed by atoms with Crippen LogP contribution in [0.3, 0.4) is 0 Å². The molecule has 2 aromatic carbocycles. The lowest BCUT2D eigenvalue weighted by molar-refractivity contribution is -0.113. The van der Waals surface area contributed by atoms with Crippen molar-refractivity contribution in [1.82, 2.24) is 10.6 Å². The summed E-state index contributed by atoms with van der Waals surface area (Å²) in [4.78, 5) is 15.2. The van der Waals surface area contributed by atoms with Gasteiger partial charge in [0, 0.05) is 30.5 Å². The van der Waals surface area contributed by atoms with Crippen molar-refractivity contribution in [2.45, 2.75) is 13.0 Å². The molecule has 3 rings (SSSR count). The Kier molecular flexibility index (Phi) is 6.30. The summed E-state index contributed by atoms with van der Waals surface area (Å²) >= 11 is 11.4. The second kappa shape index (κ2) is 8.71. The minimum atomic E-state index is -0.384. The van der Waals surface area contributed by atoms with E-state index in [-0.39, 0.29) is 11.9 Å². The topological polar surface area (TPSA) is 65.6 Å². The molecule has 0 fully saturated rings. The van der Waals surface area contributed by atoms with Gasteiger partial charge in [0.1, 0.15) is 5.75 Å². The van der Waals surface area contributed by atoms with Crippen molar-refractivity contribution >= 4 is 46.2 Å². The molecule has 3 N–H and O–H groups in total. The van der Waals surface area contributed by atoms with Crippen LogP contribution < -0.4 is 25.6 Å². The van der Waals surface area contributed by atoms with Crippen LogP contribution in [0, 0.1) is 0 Å². The van der Waals surface area contributed by atoms with Gasteiger partial charge in [0.25, 0.3) is 5.91 Å². The molecule has 0 aliphatic carbocycles. The number of amides is 1. The fourth-order valence-corrected chi connectivity index (χ4v) is 3.62. The predicted octanol–water partition coefficient (Wildman–Crippen LogP) is 3.85. The van der Waals surface area contributed by atoms with Gasteiger partial charge in [-0.05, 0) is 55.0 Å². The maximum Gasteiger partial charge on any atom is 0.255 e. The van der Waals surface area contributed by atoms with Gasteiger partial charge in [0.05, 0.1) is 24.4 Å². The Morgan fingerprint density at radius 2 is 1.90 bits per heavy atom. The molecule has 1 aliphatic rings. The van der Waals surface area contributed by atoms with E-state index in [1.165, 1.54) is 0 Å². The number of nitrogens with one attached hydrogen (secondary N) is 3. The molecule has 0 aromatic heterocycles. The highest BCUT2D eigenvalue weighted by atomic mass is 35.5. The first-order chi connectivity index (χ1) is 13.8. The Hall–Kier alpha value is -2.77. The van der Waals surface area contributed by atoms with Crippen molar-refractivity contribution in [3.63, 3.8) is 0 Å². The zero-order chi connectivity index (χ0) is 21.1. The Labute approximate surface area is 180 Å². The van der Waals surface area contributed by atoms with Crippen LogP contribution >= 0.6 is 23.8 Å². The van der Waals surface area contributed by atoms with Gasteiger partial charge in [-0.2, -0.15) is 0 Å². The summed E-state index contributed by atoms with van der Waals surface area (Å²) in [6.07, 6.45) is 0. The third-order valence-corrected chi connectivity index (χ3v) is 5.12. The van der Waals surface area contributed by atoms with E-state index in [4.69, 9.17) is 28.6 Å². The summed E-state index contributed by atoms with van der Waals surface area (Å²) in [5.41, 5.74) is 3.73. The van der Waals surface area contributed by atoms with Crippen LogP contribution in [0.2, 0.25) is 5.02 Å². The van der Waals surface area contributed by atoms with Crippen LogP contribution in [-0.2, 0) is 4.79 Å². The first-order valence-corrected chi connectivity index (χ1v) is 9.79. The molecule has 0 saturated heterocycles. The molecular formula is C21H23ClN4O2S. The third kappa shape index (κ3) is 4.63. The van der Waals surface area contributed by atoms with Gasteiger partial charge >= 0.3 is 0 Å². The molecular weight excluding hydrogens is 408 g/mol. The van der Waals surface area contributed by atoms with E-state index in [9.17, 15) is 4.79 Å². The quantitative estimate of drug-likeness (QED) is 0.626. The highest BCUT2D eigenvalue weighted by molar-refractivity contribution is 7.80. The van der Waals surface area contributed by atoms with Crippen molar-refractivity contribution in [1.29, 1.82) is 0 Å². The number of carbonyl (C=O) groups is 1. The van der Waals surface area contributed by atoms with Gasteiger partial charge in [-0.15, -0.1) is 0 Å². The van der Waals surface area contributed by atoms with Crippen molar-refractivity contribution in [3.8, 4) is 5.75 Å². The largest absolute Gasteiger partial charge is 0.495 e. The molecule has 1 heterocycles. The summed E-state index contributed by atoms with van der Waals surface area (Å²) in [7, 11) is 5.50. The van der Waals surface area contributed by atoms with Gasteiger partial charge in [0.15, 0.2) is 5.11 Å². The SMILES string of the molecule is COc1ccc(Cl)cc1NC(=O)C1=C(C)NC(=S)N[C@@H]1c1ccc(N(C)C)cc1. The number of hydrogen-bond donors (Lipinski definition) is 3. The zero-order valence-corrected chi connectivity index (χ0v) is 18.2. The molecule has 2 aromatic rings. The lowest BCUT2D eigenvalue weighted by Gasteiger charge is -2.30. The number of rotatable bonds is 5. The molecule has 1 atom stereocenters. The molecule has 29 heavy (non-hydrogen) atoms. The molecule has 1 amide bonds. The Morgan fingerprint density at radius 1 is 1.21 bits per heavy atom. The number of thiocarbonyl (C=S) groups is 1. The second-order valence-electron chi connectivity index (χ2n) is 6.85. The number of anilines is 2. The van der Waals surface area contributed by atoms with E-state index < -0.39 is 0 Å². The van der Waals surface area contributed by atoms with Gasteiger partial charge in [-0.25, -0.2) is 0 Å². The van der Waals surface area contributed by atoms with Gasteiger partial charge in [-0.1, -0.05) is 23.7 Å². The van der Waals surface area contributed by atoms with E-state index in [2.05, 4.69) is 16.0 Å². The minimum Gasteiger partial charge on any atom is -0.495 e. The average Bonchev–Trinajstić information content (AvgIpc) is 2.67. The van der Waals surface area contributed by atoms with E-state index in [1.807, 2.05) is 50.2 Å². The molecule has 6 nitrogen and oxygen atoms in total. The van der Waals surface area contributed by atoms with Crippen LogP contribution in [0.4, 0.5) is 11.4 Å². The van der Waals surface area contributed by atoms with Crippen LogP contribution in [0.5, 0.6) is 5.75 Å². The molecule has 152 valence electrons. The molecule has 8 heteroatoms. The minimum absolute atomic E-state index is 0.271. The van der Waals surface area contributed by atoms with Gasteiger partial charge in [-0.3, -0.25) is 4.79 Å².